The fourth-order valence-electron chi connectivity index (χ4n) is 2.15. The van der Waals surface area contributed by atoms with Gasteiger partial charge in [-0.15, -0.1) is 5.11 Å². The molecule has 0 radical (unpaired) electrons. The smallest absolute Gasteiger partial charge is 0.292 e. The number of nitro groups is 1. The summed E-state index contributed by atoms with van der Waals surface area (Å²) in [6.07, 6.45) is 0. The number of nitro benzene ring substituents is 1. The summed E-state index contributed by atoms with van der Waals surface area (Å²) >= 11 is 0. The van der Waals surface area contributed by atoms with E-state index in [1.165, 1.54) is 12.1 Å². The van der Waals surface area contributed by atoms with Gasteiger partial charge < -0.3 is 0 Å². The van der Waals surface area contributed by atoms with Crippen molar-refractivity contribution in [1.29, 1.82) is 0 Å². The molecule has 24 heavy (non-hydrogen) atoms. The first-order valence-electron chi connectivity index (χ1n) is 7.08. The van der Waals surface area contributed by atoms with E-state index in [1.807, 2.05) is 19.1 Å². The molecule has 8 nitrogen and oxygen atoms in total. The van der Waals surface area contributed by atoms with Gasteiger partial charge in [0.15, 0.2) is 5.69 Å². The number of nitrogens with zero attached hydrogens (tertiary/aromatic N) is 3. The van der Waals surface area contributed by atoms with Crippen molar-refractivity contribution in [3.05, 3.63) is 74.6 Å². The van der Waals surface area contributed by atoms with E-state index in [2.05, 4.69) is 20.4 Å². The van der Waals surface area contributed by atoms with Gasteiger partial charge in [-0.1, -0.05) is 29.8 Å². The lowest BCUT2D eigenvalue weighted by Gasteiger charge is -1.99. The summed E-state index contributed by atoms with van der Waals surface area (Å²) in [4.78, 5) is 22.3. The molecular weight excluding hydrogens is 310 g/mol. The maximum absolute atomic E-state index is 11.9. The van der Waals surface area contributed by atoms with Crippen molar-refractivity contribution in [3.63, 3.8) is 0 Å². The van der Waals surface area contributed by atoms with Crippen LogP contribution in [0.25, 0.3) is 11.3 Å². The quantitative estimate of drug-likeness (QED) is 0.429. The molecule has 0 saturated heterocycles. The van der Waals surface area contributed by atoms with Crippen LogP contribution in [-0.2, 0) is 0 Å². The van der Waals surface area contributed by atoms with E-state index < -0.39 is 10.5 Å². The molecule has 0 fully saturated rings. The normalized spacial score (nSPS) is 11.0. The number of aromatic nitrogens is 2. The van der Waals surface area contributed by atoms with Crippen LogP contribution >= 0.6 is 0 Å². The first kappa shape index (κ1) is 15.3. The van der Waals surface area contributed by atoms with Crippen molar-refractivity contribution < 1.29 is 4.92 Å². The summed E-state index contributed by atoms with van der Waals surface area (Å²) in [5, 5.41) is 24.1. The Bertz CT molecular complexity index is 970. The Morgan fingerprint density at radius 3 is 2.50 bits per heavy atom. The highest BCUT2D eigenvalue weighted by molar-refractivity contribution is 5.72. The summed E-state index contributed by atoms with van der Waals surface area (Å²) in [5.74, 6) is 0. The number of aromatic amines is 2. The lowest BCUT2D eigenvalue weighted by atomic mass is 10.1. The first-order valence-corrected chi connectivity index (χ1v) is 7.08. The molecule has 0 bridgehead atoms. The second-order valence-electron chi connectivity index (χ2n) is 5.15. The fraction of sp³-hybridized carbons (Fsp3) is 0.0625. The molecule has 0 amide bonds. The van der Waals surface area contributed by atoms with Gasteiger partial charge in [0.2, 0.25) is 0 Å². The third-order valence-electron chi connectivity index (χ3n) is 3.40. The predicted octanol–water partition coefficient (Wildman–Crippen LogP) is 4.00. The molecule has 1 aromatic heterocycles. The zero-order chi connectivity index (χ0) is 17.1. The zero-order valence-electron chi connectivity index (χ0n) is 12.7. The van der Waals surface area contributed by atoms with Crippen molar-refractivity contribution in [1.82, 2.24) is 10.2 Å². The first-order chi connectivity index (χ1) is 11.5. The molecule has 0 aliphatic carbocycles. The third kappa shape index (κ3) is 3.12. The Kier molecular flexibility index (Phi) is 4.02. The Labute approximate surface area is 136 Å². The SMILES string of the molecule is Cc1ccc(N=Nc2c(-c3cccc([N+](=O)[O-])c3)[nH][nH]c2=O)cc1. The van der Waals surface area contributed by atoms with Crippen LogP contribution in [0.3, 0.4) is 0 Å². The van der Waals surface area contributed by atoms with Gasteiger partial charge in [-0.25, -0.2) is 0 Å². The minimum Gasteiger partial charge on any atom is -0.295 e. The molecule has 0 atom stereocenters. The minimum atomic E-state index is -0.498. The van der Waals surface area contributed by atoms with Crippen LogP contribution in [-0.4, -0.2) is 15.1 Å². The zero-order valence-corrected chi connectivity index (χ0v) is 12.7. The van der Waals surface area contributed by atoms with E-state index in [4.69, 9.17) is 0 Å². The van der Waals surface area contributed by atoms with E-state index >= 15 is 0 Å². The molecule has 0 unspecified atom stereocenters. The van der Waals surface area contributed by atoms with Gasteiger partial charge in [-0.3, -0.25) is 25.1 Å². The molecule has 120 valence electrons. The van der Waals surface area contributed by atoms with Gasteiger partial charge in [0.1, 0.15) is 0 Å². The second-order valence-corrected chi connectivity index (χ2v) is 5.15. The lowest BCUT2D eigenvalue weighted by molar-refractivity contribution is -0.384. The molecule has 8 heteroatoms. The van der Waals surface area contributed by atoms with Gasteiger partial charge in [0, 0.05) is 17.7 Å². The number of nitrogens with one attached hydrogen (secondary N) is 2. The third-order valence-corrected chi connectivity index (χ3v) is 3.40. The Balaban J connectivity index is 2.00. The maximum atomic E-state index is 11.9. The molecule has 0 saturated carbocycles. The molecule has 1 heterocycles. The summed E-state index contributed by atoms with van der Waals surface area (Å²) in [6.45, 7) is 1.96. The number of hydrogen-bond donors (Lipinski definition) is 2. The monoisotopic (exact) mass is 323 g/mol. The standard InChI is InChI=1S/C16H13N5O3/c1-10-5-7-12(8-6-10)17-19-15-14(18-20-16(15)22)11-3-2-4-13(9-11)21(23)24/h2-9H,1H3,(H2,18,20,22). The molecular formula is C16H13N5O3. The number of non-ortho nitro benzene ring substituents is 1. The van der Waals surface area contributed by atoms with Crippen LogP contribution in [0.4, 0.5) is 17.1 Å². The van der Waals surface area contributed by atoms with Crippen molar-refractivity contribution in [2.45, 2.75) is 6.92 Å². The summed E-state index contributed by atoms with van der Waals surface area (Å²) in [5.41, 5.74) is 2.05. The van der Waals surface area contributed by atoms with E-state index in [1.54, 1.807) is 24.3 Å². The van der Waals surface area contributed by atoms with E-state index in [9.17, 15) is 14.9 Å². The molecule has 3 aromatic rings. The van der Waals surface area contributed by atoms with Crippen LogP contribution in [0.15, 0.2) is 63.6 Å². The lowest BCUT2D eigenvalue weighted by Crippen LogP contribution is -1.96. The minimum absolute atomic E-state index is 0.0658. The van der Waals surface area contributed by atoms with E-state index in [0.29, 0.717) is 16.9 Å². The highest BCUT2D eigenvalue weighted by Gasteiger charge is 2.14. The Morgan fingerprint density at radius 2 is 1.79 bits per heavy atom. The van der Waals surface area contributed by atoms with Crippen LogP contribution in [0.2, 0.25) is 0 Å². The van der Waals surface area contributed by atoms with Crippen molar-refractivity contribution in [3.8, 4) is 11.3 Å². The van der Waals surface area contributed by atoms with Crippen LogP contribution in [0, 0.1) is 17.0 Å². The van der Waals surface area contributed by atoms with Gasteiger partial charge >= 0.3 is 0 Å². The molecule has 3 rings (SSSR count). The van der Waals surface area contributed by atoms with Crippen molar-refractivity contribution >= 4 is 17.1 Å². The fourth-order valence-corrected chi connectivity index (χ4v) is 2.15. The van der Waals surface area contributed by atoms with Gasteiger partial charge in [-0.05, 0) is 19.1 Å². The highest BCUT2D eigenvalue weighted by atomic mass is 16.6. The number of aryl methyl sites for hydroxylation is 1. The number of azo groups is 1. The molecule has 2 N–H and O–H groups in total. The van der Waals surface area contributed by atoms with Gasteiger partial charge in [0.05, 0.1) is 16.3 Å². The molecule has 0 aliphatic heterocycles. The topological polar surface area (TPSA) is 117 Å². The Hall–Kier alpha value is -3.55. The largest absolute Gasteiger partial charge is 0.295 e. The van der Waals surface area contributed by atoms with E-state index in [0.717, 1.165) is 5.56 Å². The van der Waals surface area contributed by atoms with Crippen LogP contribution in [0.5, 0.6) is 0 Å². The summed E-state index contributed by atoms with van der Waals surface area (Å²) < 4.78 is 0. The molecule has 2 aromatic carbocycles. The maximum Gasteiger partial charge on any atom is 0.292 e. The average Bonchev–Trinajstić information content (AvgIpc) is 2.95. The Morgan fingerprint density at radius 1 is 1.04 bits per heavy atom. The molecule has 0 aliphatic rings. The number of hydrogen-bond acceptors (Lipinski definition) is 5. The summed E-state index contributed by atoms with van der Waals surface area (Å²) in [6, 6.07) is 13.3. The molecule has 0 spiro atoms. The van der Waals surface area contributed by atoms with Crippen molar-refractivity contribution in [2.75, 3.05) is 0 Å². The predicted molar refractivity (Wildman–Crippen MR) is 88.9 cm³/mol. The van der Waals surface area contributed by atoms with Gasteiger partial charge in [0.25, 0.3) is 11.2 Å². The van der Waals surface area contributed by atoms with Crippen LogP contribution < -0.4 is 5.56 Å². The number of H-pyrrole nitrogens is 2. The van der Waals surface area contributed by atoms with E-state index in [-0.39, 0.29) is 11.4 Å². The second kappa shape index (κ2) is 6.29. The number of rotatable bonds is 4. The highest BCUT2D eigenvalue weighted by Crippen LogP contribution is 2.28. The average molecular weight is 323 g/mol. The number of benzene rings is 2. The van der Waals surface area contributed by atoms with Crippen LogP contribution in [0.1, 0.15) is 5.56 Å². The summed E-state index contributed by atoms with van der Waals surface area (Å²) in [7, 11) is 0. The van der Waals surface area contributed by atoms with Crippen molar-refractivity contribution in [2.24, 2.45) is 10.2 Å². The van der Waals surface area contributed by atoms with Gasteiger partial charge in [-0.2, -0.15) is 5.11 Å².